The van der Waals surface area contributed by atoms with Gasteiger partial charge in [0.25, 0.3) is 5.56 Å². The van der Waals surface area contributed by atoms with Gasteiger partial charge in [0, 0.05) is 49.5 Å². The number of aryl methyl sites for hydroxylation is 2. The van der Waals surface area contributed by atoms with E-state index in [9.17, 15) is 10.1 Å². The maximum Gasteiger partial charge on any atom is 0.252 e. The van der Waals surface area contributed by atoms with Crippen LogP contribution in [-0.4, -0.2) is 44.6 Å². The summed E-state index contributed by atoms with van der Waals surface area (Å²) in [6, 6.07) is 19.6. The molecule has 3 atom stereocenters. The number of benzene rings is 1. The summed E-state index contributed by atoms with van der Waals surface area (Å²) in [5.74, 6) is 0. The van der Waals surface area contributed by atoms with Gasteiger partial charge in [0.05, 0.1) is 22.9 Å². The van der Waals surface area contributed by atoms with Crippen LogP contribution >= 0.6 is 11.6 Å². The van der Waals surface area contributed by atoms with Crippen LogP contribution in [0.5, 0.6) is 0 Å². The molecule has 8 heteroatoms. The number of fused-ring (bicyclic) bond motifs is 1. The second-order valence-electron chi connectivity index (χ2n) is 10.1. The van der Waals surface area contributed by atoms with Crippen LogP contribution in [0.1, 0.15) is 49.3 Å². The molecule has 1 aliphatic heterocycles. The van der Waals surface area contributed by atoms with Crippen molar-refractivity contribution in [3.63, 3.8) is 0 Å². The number of nitriles is 1. The summed E-state index contributed by atoms with van der Waals surface area (Å²) in [5, 5.41) is 10.2. The number of aromatic nitrogens is 3. The third-order valence-corrected chi connectivity index (χ3v) is 7.79. The van der Waals surface area contributed by atoms with Crippen molar-refractivity contribution >= 4 is 28.3 Å². The molecule has 194 valence electrons. The van der Waals surface area contributed by atoms with Crippen molar-refractivity contribution < 1.29 is 0 Å². The number of piperazine rings is 1. The molecule has 3 aromatic heterocycles. The minimum Gasteiger partial charge on any atom is -0.364 e. The molecule has 1 aliphatic rings. The normalized spacial score (nSPS) is 18.9. The van der Waals surface area contributed by atoms with Gasteiger partial charge in [0.2, 0.25) is 0 Å². The molecule has 0 aliphatic carbocycles. The zero-order valence-electron chi connectivity index (χ0n) is 22.1. The first-order valence-corrected chi connectivity index (χ1v) is 13.3. The summed E-state index contributed by atoms with van der Waals surface area (Å²) in [7, 11) is 1.73. The van der Waals surface area contributed by atoms with Crippen molar-refractivity contribution in [1.29, 1.82) is 5.26 Å². The van der Waals surface area contributed by atoms with Crippen molar-refractivity contribution in [1.82, 2.24) is 19.4 Å². The molecule has 4 aromatic rings. The monoisotopic (exact) mass is 526 g/mol. The van der Waals surface area contributed by atoms with Crippen molar-refractivity contribution in [2.24, 2.45) is 7.05 Å². The highest BCUT2D eigenvalue weighted by Crippen LogP contribution is 2.36. The first-order chi connectivity index (χ1) is 18.3. The van der Waals surface area contributed by atoms with E-state index in [1.165, 1.54) is 5.56 Å². The van der Waals surface area contributed by atoms with Crippen LogP contribution in [0, 0.1) is 11.3 Å². The fourth-order valence-corrected chi connectivity index (χ4v) is 5.66. The Morgan fingerprint density at radius 2 is 1.92 bits per heavy atom. The Hall–Kier alpha value is -3.73. The molecular formula is C30H31ClN6O. The van der Waals surface area contributed by atoms with Gasteiger partial charge in [-0.3, -0.25) is 14.7 Å². The first-order valence-electron chi connectivity index (χ1n) is 12.9. The van der Waals surface area contributed by atoms with Gasteiger partial charge in [-0.25, -0.2) is 4.98 Å². The minimum absolute atomic E-state index is 0.0668. The van der Waals surface area contributed by atoms with Crippen LogP contribution in [0.25, 0.3) is 11.0 Å². The van der Waals surface area contributed by atoms with Crippen LogP contribution in [-0.2, 0) is 13.5 Å². The molecule has 5 rings (SSSR count). The van der Waals surface area contributed by atoms with Gasteiger partial charge in [0.15, 0.2) is 0 Å². The smallest absolute Gasteiger partial charge is 0.252 e. The van der Waals surface area contributed by atoms with E-state index in [-0.39, 0.29) is 23.7 Å². The Morgan fingerprint density at radius 3 is 2.61 bits per heavy atom. The standard InChI is InChI=1S/C30H31ClN6O/c1-5-21-9-11-25(33-16-21)30(22-7-6-8-23(31)13-22)37-18-19(2)36(17-20(37)3)27-14-28(38)35(4)26-12-10-24(15-32)34-29(26)27/h6-14,16,19-20,30H,5,17-18H2,1-4H3/t19-,20+,30?/m0/s1. The molecule has 0 saturated carbocycles. The SMILES string of the molecule is CCc1ccc(C(c2cccc(Cl)c2)N2C[C@H](C)N(c3cc(=O)n(C)c4ccc(C#N)nc34)C[C@H]2C)nc1. The van der Waals surface area contributed by atoms with Crippen LogP contribution in [0.3, 0.4) is 0 Å². The number of pyridine rings is 3. The van der Waals surface area contributed by atoms with Crippen LogP contribution in [0.4, 0.5) is 5.69 Å². The average molecular weight is 527 g/mol. The predicted molar refractivity (Wildman–Crippen MR) is 152 cm³/mol. The molecule has 0 bridgehead atoms. The van der Waals surface area contributed by atoms with Gasteiger partial charge < -0.3 is 9.47 Å². The van der Waals surface area contributed by atoms with Crippen molar-refractivity contribution in [2.75, 3.05) is 18.0 Å². The Morgan fingerprint density at radius 1 is 1.11 bits per heavy atom. The minimum atomic E-state index is -0.0988. The lowest BCUT2D eigenvalue weighted by atomic mass is 9.96. The van der Waals surface area contributed by atoms with E-state index in [0.717, 1.165) is 29.9 Å². The van der Waals surface area contributed by atoms with E-state index < -0.39 is 0 Å². The predicted octanol–water partition coefficient (Wildman–Crippen LogP) is 5.10. The topological polar surface area (TPSA) is 78.0 Å². The average Bonchev–Trinajstić information content (AvgIpc) is 2.93. The Balaban J connectivity index is 1.55. The molecule has 1 aromatic carbocycles. The zero-order chi connectivity index (χ0) is 27.0. The highest BCUT2D eigenvalue weighted by Gasteiger charge is 2.36. The molecule has 1 saturated heterocycles. The van der Waals surface area contributed by atoms with Gasteiger partial charge in [-0.05, 0) is 61.7 Å². The highest BCUT2D eigenvalue weighted by molar-refractivity contribution is 6.30. The molecule has 0 spiro atoms. The highest BCUT2D eigenvalue weighted by atomic mass is 35.5. The van der Waals surface area contributed by atoms with E-state index in [1.807, 2.05) is 24.4 Å². The summed E-state index contributed by atoms with van der Waals surface area (Å²) < 4.78 is 1.58. The molecule has 0 amide bonds. The van der Waals surface area contributed by atoms with Crippen molar-refractivity contribution in [3.05, 3.63) is 98.7 Å². The number of hydrogen-bond acceptors (Lipinski definition) is 6. The van der Waals surface area contributed by atoms with Crippen LogP contribution < -0.4 is 10.5 Å². The van der Waals surface area contributed by atoms with Crippen LogP contribution in [0.15, 0.2) is 65.6 Å². The molecule has 7 nitrogen and oxygen atoms in total. The lowest BCUT2D eigenvalue weighted by molar-refractivity contribution is 0.128. The Kier molecular flexibility index (Phi) is 7.20. The number of rotatable bonds is 5. The quantitative estimate of drug-likeness (QED) is 0.360. The molecule has 0 radical (unpaired) electrons. The molecular weight excluding hydrogens is 496 g/mol. The lowest BCUT2D eigenvalue weighted by Crippen LogP contribution is -2.57. The van der Waals surface area contributed by atoms with Gasteiger partial charge >= 0.3 is 0 Å². The molecule has 1 fully saturated rings. The molecule has 0 N–H and O–H groups in total. The number of nitrogens with zero attached hydrogens (tertiary/aromatic N) is 6. The van der Waals surface area contributed by atoms with E-state index in [2.05, 4.69) is 59.8 Å². The first kappa shape index (κ1) is 25.9. The third-order valence-electron chi connectivity index (χ3n) is 7.56. The Bertz CT molecular complexity index is 1570. The Labute approximate surface area is 227 Å². The zero-order valence-corrected chi connectivity index (χ0v) is 22.9. The van der Waals surface area contributed by atoms with Crippen molar-refractivity contribution in [3.8, 4) is 6.07 Å². The van der Waals surface area contributed by atoms with Crippen LogP contribution in [0.2, 0.25) is 5.02 Å². The molecule has 4 heterocycles. The maximum atomic E-state index is 12.9. The second-order valence-corrected chi connectivity index (χ2v) is 10.5. The lowest BCUT2D eigenvalue weighted by Gasteiger charge is -2.48. The largest absolute Gasteiger partial charge is 0.364 e. The summed E-state index contributed by atoms with van der Waals surface area (Å²) in [6.45, 7) is 7.92. The molecule has 1 unspecified atom stereocenters. The van der Waals surface area contributed by atoms with E-state index in [1.54, 1.807) is 29.8 Å². The van der Waals surface area contributed by atoms with E-state index in [4.69, 9.17) is 16.6 Å². The van der Waals surface area contributed by atoms with Gasteiger partial charge in [-0.1, -0.05) is 36.7 Å². The second kappa shape index (κ2) is 10.6. The number of anilines is 1. The fraction of sp³-hybridized carbons (Fsp3) is 0.333. The fourth-order valence-electron chi connectivity index (χ4n) is 5.46. The van der Waals surface area contributed by atoms with E-state index in [0.29, 0.717) is 28.3 Å². The number of hydrogen-bond donors (Lipinski definition) is 0. The summed E-state index contributed by atoms with van der Waals surface area (Å²) in [5.41, 5.74) is 5.67. The van der Waals surface area contributed by atoms with Gasteiger partial charge in [-0.15, -0.1) is 0 Å². The summed E-state index contributed by atoms with van der Waals surface area (Å²) in [6.07, 6.45) is 2.90. The number of halogens is 1. The summed E-state index contributed by atoms with van der Waals surface area (Å²) >= 11 is 6.43. The van der Waals surface area contributed by atoms with Crippen molar-refractivity contribution in [2.45, 2.75) is 45.3 Å². The van der Waals surface area contributed by atoms with Gasteiger partial charge in [0.1, 0.15) is 17.3 Å². The maximum absolute atomic E-state index is 12.9. The molecule has 38 heavy (non-hydrogen) atoms. The summed E-state index contributed by atoms with van der Waals surface area (Å²) in [4.78, 5) is 27.1. The van der Waals surface area contributed by atoms with Gasteiger partial charge in [-0.2, -0.15) is 5.26 Å². The third kappa shape index (κ3) is 4.78. The van der Waals surface area contributed by atoms with E-state index >= 15 is 0 Å².